The lowest BCUT2D eigenvalue weighted by Crippen LogP contribution is -1.96. The first-order chi connectivity index (χ1) is 5.74. The van der Waals surface area contributed by atoms with Crippen LogP contribution in [-0.2, 0) is 5.67 Å². The summed E-state index contributed by atoms with van der Waals surface area (Å²) in [5.41, 5.74) is 0.220. The Hall–Kier alpha value is -1.18. The van der Waals surface area contributed by atoms with Crippen molar-refractivity contribution in [2.45, 2.75) is 18.5 Å². The average Bonchev–Trinajstić information content (AvgIpc) is 2.85. The van der Waals surface area contributed by atoms with Crippen LogP contribution < -0.4 is 0 Å². The van der Waals surface area contributed by atoms with Crippen LogP contribution in [0.25, 0.3) is 0 Å². The van der Waals surface area contributed by atoms with E-state index in [1.807, 2.05) is 0 Å². The highest BCUT2D eigenvalue weighted by Crippen LogP contribution is 2.49. The van der Waals surface area contributed by atoms with E-state index in [1.54, 1.807) is 24.3 Å². The highest BCUT2D eigenvalue weighted by molar-refractivity contribution is 5.74. The highest BCUT2D eigenvalue weighted by Gasteiger charge is 2.44. The van der Waals surface area contributed by atoms with Gasteiger partial charge in [-0.05, 0) is 18.4 Å². The molecule has 0 radical (unpaired) electrons. The van der Waals surface area contributed by atoms with Crippen molar-refractivity contribution in [3.8, 4) is 0 Å². The van der Waals surface area contributed by atoms with Crippen molar-refractivity contribution < 1.29 is 9.18 Å². The van der Waals surface area contributed by atoms with Crippen LogP contribution in [0.15, 0.2) is 24.3 Å². The second-order valence-corrected chi connectivity index (χ2v) is 3.21. The number of aldehydes is 1. The summed E-state index contributed by atoms with van der Waals surface area (Å²) in [6.45, 7) is 0. The topological polar surface area (TPSA) is 17.1 Å². The molecule has 1 aliphatic carbocycles. The van der Waals surface area contributed by atoms with Gasteiger partial charge < -0.3 is 0 Å². The molecule has 1 aromatic rings. The van der Waals surface area contributed by atoms with E-state index in [-0.39, 0.29) is 0 Å². The van der Waals surface area contributed by atoms with Gasteiger partial charge in [0.2, 0.25) is 0 Å². The first-order valence-electron chi connectivity index (χ1n) is 3.99. The molecular weight excluding hydrogens is 155 g/mol. The summed E-state index contributed by atoms with van der Waals surface area (Å²) in [4.78, 5) is 10.3. The fourth-order valence-electron chi connectivity index (χ4n) is 1.26. The number of alkyl halides is 1. The van der Waals surface area contributed by atoms with Crippen molar-refractivity contribution in [3.63, 3.8) is 0 Å². The zero-order valence-corrected chi connectivity index (χ0v) is 6.59. The Morgan fingerprint density at radius 1 is 1.25 bits per heavy atom. The Kier molecular flexibility index (Phi) is 1.50. The molecule has 0 amide bonds. The fourth-order valence-corrected chi connectivity index (χ4v) is 1.26. The molecule has 0 aromatic heterocycles. The third kappa shape index (κ3) is 1.13. The zero-order chi connectivity index (χ0) is 8.60. The van der Waals surface area contributed by atoms with Crippen LogP contribution >= 0.6 is 0 Å². The monoisotopic (exact) mass is 164 g/mol. The molecule has 1 fully saturated rings. The molecule has 2 heteroatoms. The summed E-state index contributed by atoms with van der Waals surface area (Å²) in [6.07, 6.45) is 2.00. The molecule has 0 unspecified atom stereocenters. The van der Waals surface area contributed by atoms with Crippen molar-refractivity contribution in [2.24, 2.45) is 0 Å². The van der Waals surface area contributed by atoms with Gasteiger partial charge in [0.1, 0.15) is 12.0 Å². The molecule has 62 valence electrons. The average molecular weight is 164 g/mol. The van der Waals surface area contributed by atoms with Gasteiger partial charge in [0.25, 0.3) is 0 Å². The van der Waals surface area contributed by atoms with Crippen molar-refractivity contribution in [2.75, 3.05) is 0 Å². The minimum Gasteiger partial charge on any atom is -0.298 e. The van der Waals surface area contributed by atoms with Crippen molar-refractivity contribution in [1.82, 2.24) is 0 Å². The van der Waals surface area contributed by atoms with Gasteiger partial charge in [-0.2, -0.15) is 0 Å². The van der Waals surface area contributed by atoms with E-state index in [9.17, 15) is 9.18 Å². The van der Waals surface area contributed by atoms with Crippen LogP contribution in [0.3, 0.4) is 0 Å². The number of carbonyl (C=O) groups is 1. The summed E-state index contributed by atoms with van der Waals surface area (Å²) in [5.74, 6) is 0. The maximum atomic E-state index is 13.4. The summed E-state index contributed by atoms with van der Waals surface area (Å²) >= 11 is 0. The van der Waals surface area contributed by atoms with E-state index < -0.39 is 5.67 Å². The minimum atomic E-state index is -1.08. The van der Waals surface area contributed by atoms with E-state index in [2.05, 4.69) is 0 Å². The minimum absolute atomic E-state index is 0.600. The maximum absolute atomic E-state index is 13.4. The van der Waals surface area contributed by atoms with Gasteiger partial charge in [-0.1, -0.05) is 24.3 Å². The quantitative estimate of drug-likeness (QED) is 0.613. The van der Waals surface area contributed by atoms with Crippen molar-refractivity contribution >= 4 is 6.29 Å². The molecule has 1 aromatic carbocycles. The first-order valence-corrected chi connectivity index (χ1v) is 3.99. The van der Waals surface area contributed by atoms with E-state index in [0.29, 0.717) is 24.0 Å². The second kappa shape index (κ2) is 2.41. The summed E-state index contributed by atoms with van der Waals surface area (Å²) < 4.78 is 13.4. The van der Waals surface area contributed by atoms with E-state index in [1.165, 1.54) is 0 Å². The van der Waals surface area contributed by atoms with E-state index in [4.69, 9.17) is 0 Å². The number of hydrogen-bond donors (Lipinski definition) is 0. The Bertz CT molecular complexity index is 298. The van der Waals surface area contributed by atoms with Crippen LogP contribution in [0.5, 0.6) is 0 Å². The van der Waals surface area contributed by atoms with Crippen molar-refractivity contribution in [1.29, 1.82) is 0 Å². The first kappa shape index (κ1) is 7.47. The molecule has 0 aliphatic heterocycles. The summed E-state index contributed by atoms with van der Waals surface area (Å²) in [7, 11) is 0. The van der Waals surface area contributed by atoms with Gasteiger partial charge in [0.05, 0.1) is 0 Å². The number of carbonyl (C=O) groups excluding carboxylic acids is 1. The molecule has 1 nitrogen and oxygen atoms in total. The van der Waals surface area contributed by atoms with E-state index in [0.717, 1.165) is 6.29 Å². The standard InChI is InChI=1S/C10H9FO/c11-10(5-6-10)9-3-1-8(7-12)2-4-9/h1-4,7H,5-6H2. The SMILES string of the molecule is O=Cc1ccc(C2(F)CC2)cc1. The number of rotatable bonds is 2. The molecule has 1 saturated carbocycles. The Morgan fingerprint density at radius 3 is 2.25 bits per heavy atom. The molecule has 0 spiro atoms. The van der Waals surface area contributed by atoms with E-state index >= 15 is 0 Å². The predicted molar refractivity (Wildman–Crippen MR) is 43.8 cm³/mol. The second-order valence-electron chi connectivity index (χ2n) is 3.21. The smallest absolute Gasteiger partial charge is 0.150 e. The number of benzene rings is 1. The van der Waals surface area contributed by atoms with Gasteiger partial charge in [-0.3, -0.25) is 4.79 Å². The zero-order valence-electron chi connectivity index (χ0n) is 6.59. The Morgan fingerprint density at radius 2 is 1.83 bits per heavy atom. The Labute approximate surface area is 70.2 Å². The third-order valence-corrected chi connectivity index (χ3v) is 2.25. The number of hydrogen-bond acceptors (Lipinski definition) is 1. The fraction of sp³-hybridized carbons (Fsp3) is 0.300. The van der Waals surface area contributed by atoms with Gasteiger partial charge in [0, 0.05) is 5.56 Å². The Balaban J connectivity index is 2.30. The third-order valence-electron chi connectivity index (χ3n) is 2.25. The lowest BCUT2D eigenvalue weighted by molar-refractivity contribution is 0.112. The summed E-state index contributed by atoms with van der Waals surface area (Å²) in [5, 5.41) is 0. The largest absolute Gasteiger partial charge is 0.298 e. The molecule has 0 bridgehead atoms. The molecular formula is C10H9FO. The molecule has 0 atom stereocenters. The van der Waals surface area contributed by atoms with Crippen LogP contribution in [0.2, 0.25) is 0 Å². The normalized spacial score (nSPS) is 18.8. The van der Waals surface area contributed by atoms with Crippen molar-refractivity contribution in [3.05, 3.63) is 35.4 Å². The van der Waals surface area contributed by atoms with Crippen LogP contribution in [0, 0.1) is 0 Å². The van der Waals surface area contributed by atoms with Crippen LogP contribution in [0.1, 0.15) is 28.8 Å². The van der Waals surface area contributed by atoms with Gasteiger partial charge in [-0.15, -0.1) is 0 Å². The maximum Gasteiger partial charge on any atom is 0.150 e. The van der Waals surface area contributed by atoms with Crippen LogP contribution in [-0.4, -0.2) is 6.29 Å². The van der Waals surface area contributed by atoms with Gasteiger partial charge in [-0.25, -0.2) is 4.39 Å². The molecule has 12 heavy (non-hydrogen) atoms. The van der Waals surface area contributed by atoms with Gasteiger partial charge >= 0.3 is 0 Å². The molecule has 2 rings (SSSR count). The lowest BCUT2D eigenvalue weighted by Gasteiger charge is -2.03. The van der Waals surface area contributed by atoms with Gasteiger partial charge in [0.15, 0.2) is 0 Å². The molecule has 0 heterocycles. The number of halogens is 1. The predicted octanol–water partition coefficient (Wildman–Crippen LogP) is 2.46. The van der Waals surface area contributed by atoms with Crippen LogP contribution in [0.4, 0.5) is 4.39 Å². The molecule has 0 N–H and O–H groups in total. The summed E-state index contributed by atoms with van der Waals surface area (Å²) in [6, 6.07) is 6.69. The highest BCUT2D eigenvalue weighted by atomic mass is 19.1. The molecule has 1 aliphatic rings. The molecule has 0 saturated heterocycles. The lowest BCUT2D eigenvalue weighted by atomic mass is 10.1.